The Hall–Kier alpha value is -2.03. The van der Waals surface area contributed by atoms with E-state index in [9.17, 15) is 14.4 Å². The molecular weight excluding hydrogens is 272 g/mol. The number of hydrogen-bond acceptors (Lipinski definition) is 5. The highest BCUT2D eigenvalue weighted by Gasteiger charge is 2.32. The molecule has 19 heavy (non-hydrogen) atoms. The van der Waals surface area contributed by atoms with Crippen LogP contribution in [0.1, 0.15) is 11.6 Å². The van der Waals surface area contributed by atoms with Crippen LogP contribution < -0.4 is 10.6 Å². The summed E-state index contributed by atoms with van der Waals surface area (Å²) in [5.41, 5.74) is 0.375. The van der Waals surface area contributed by atoms with Crippen LogP contribution in [0.4, 0.5) is 4.79 Å². The molecule has 1 aliphatic heterocycles. The number of amides is 2. The predicted molar refractivity (Wildman–Crippen MR) is 66.5 cm³/mol. The van der Waals surface area contributed by atoms with Crippen molar-refractivity contribution in [2.75, 3.05) is 5.75 Å². The highest BCUT2D eigenvalue weighted by Crippen LogP contribution is 2.16. The monoisotopic (exact) mass is 284 g/mol. The van der Waals surface area contributed by atoms with E-state index < -0.39 is 24.0 Å². The molecule has 0 spiro atoms. The third kappa shape index (κ3) is 3.05. The fourth-order valence-corrected chi connectivity index (χ4v) is 2.42. The lowest BCUT2D eigenvalue weighted by molar-refractivity contribution is -0.142. The summed E-state index contributed by atoms with van der Waals surface area (Å²) >= 11 is 0.994. The smallest absolute Gasteiger partial charge is 0.331 e. The van der Waals surface area contributed by atoms with E-state index in [4.69, 9.17) is 5.11 Å². The standard InChI is InChI=1S/C10H12N4O4S/c1-14-3-5(2-11-14)7(9(16)17)13-8(15)6-4-19-10(18)12-6/h2-3,6-7H,4H2,1H3,(H,12,18)(H,13,15)(H,16,17). The van der Waals surface area contributed by atoms with E-state index in [2.05, 4.69) is 15.7 Å². The minimum Gasteiger partial charge on any atom is -0.479 e. The van der Waals surface area contributed by atoms with E-state index in [1.807, 2.05) is 0 Å². The molecule has 1 saturated heterocycles. The third-order valence-electron chi connectivity index (χ3n) is 2.58. The molecule has 0 radical (unpaired) electrons. The van der Waals surface area contributed by atoms with Crippen LogP contribution >= 0.6 is 11.8 Å². The fraction of sp³-hybridized carbons (Fsp3) is 0.400. The maximum absolute atomic E-state index is 11.9. The van der Waals surface area contributed by atoms with Crippen LogP contribution in [0, 0.1) is 0 Å². The van der Waals surface area contributed by atoms with Gasteiger partial charge in [0.1, 0.15) is 6.04 Å². The van der Waals surface area contributed by atoms with Gasteiger partial charge in [-0.1, -0.05) is 11.8 Å². The second kappa shape index (κ2) is 5.31. The number of nitrogens with zero attached hydrogens (tertiary/aromatic N) is 2. The zero-order valence-corrected chi connectivity index (χ0v) is 10.8. The number of thioether (sulfide) groups is 1. The Morgan fingerprint density at radius 3 is 2.89 bits per heavy atom. The number of aliphatic carboxylic acids is 1. The van der Waals surface area contributed by atoms with Gasteiger partial charge in [0, 0.05) is 24.6 Å². The minimum atomic E-state index is -1.18. The molecule has 0 bridgehead atoms. The molecule has 1 aromatic heterocycles. The Balaban J connectivity index is 2.07. The largest absolute Gasteiger partial charge is 0.479 e. The molecule has 0 saturated carbocycles. The molecule has 1 aromatic rings. The normalized spacial score (nSPS) is 19.8. The van der Waals surface area contributed by atoms with Crippen molar-refractivity contribution in [3.63, 3.8) is 0 Å². The summed E-state index contributed by atoms with van der Waals surface area (Å²) in [6.07, 6.45) is 2.89. The predicted octanol–water partition coefficient (Wildman–Crippen LogP) is -0.513. The van der Waals surface area contributed by atoms with E-state index >= 15 is 0 Å². The number of rotatable bonds is 4. The highest BCUT2D eigenvalue weighted by atomic mass is 32.2. The van der Waals surface area contributed by atoms with Gasteiger partial charge < -0.3 is 15.7 Å². The van der Waals surface area contributed by atoms with Gasteiger partial charge in [0.05, 0.1) is 6.20 Å². The zero-order valence-electron chi connectivity index (χ0n) is 9.99. The summed E-state index contributed by atoms with van der Waals surface area (Å²) in [6.45, 7) is 0. The highest BCUT2D eigenvalue weighted by molar-refractivity contribution is 8.14. The van der Waals surface area contributed by atoms with Crippen LogP contribution in [0.5, 0.6) is 0 Å². The first-order valence-corrected chi connectivity index (χ1v) is 6.41. The Morgan fingerprint density at radius 1 is 1.68 bits per heavy atom. The first-order chi connectivity index (χ1) is 8.97. The first-order valence-electron chi connectivity index (χ1n) is 5.42. The van der Waals surface area contributed by atoms with Crippen LogP contribution in [0.2, 0.25) is 0 Å². The quantitative estimate of drug-likeness (QED) is 0.686. The molecule has 0 aliphatic carbocycles. The maximum Gasteiger partial charge on any atom is 0.331 e. The van der Waals surface area contributed by atoms with Gasteiger partial charge in [-0.05, 0) is 0 Å². The number of aryl methyl sites for hydroxylation is 1. The van der Waals surface area contributed by atoms with E-state index in [0.29, 0.717) is 11.3 Å². The topological polar surface area (TPSA) is 113 Å². The molecule has 8 nitrogen and oxygen atoms in total. The molecule has 1 fully saturated rings. The summed E-state index contributed by atoms with van der Waals surface area (Å²) in [7, 11) is 1.65. The summed E-state index contributed by atoms with van der Waals surface area (Å²) in [6, 6.07) is -1.88. The van der Waals surface area contributed by atoms with Gasteiger partial charge in [-0.25, -0.2) is 4.79 Å². The molecule has 9 heteroatoms. The van der Waals surface area contributed by atoms with Gasteiger partial charge in [0.25, 0.3) is 5.24 Å². The number of aromatic nitrogens is 2. The lowest BCUT2D eigenvalue weighted by Gasteiger charge is -2.15. The van der Waals surface area contributed by atoms with Gasteiger partial charge in [0.2, 0.25) is 5.91 Å². The molecular formula is C10H12N4O4S. The van der Waals surface area contributed by atoms with Gasteiger partial charge in [-0.15, -0.1) is 0 Å². The van der Waals surface area contributed by atoms with Crippen molar-refractivity contribution in [3.05, 3.63) is 18.0 Å². The Kier molecular flexibility index (Phi) is 3.74. The maximum atomic E-state index is 11.9. The van der Waals surface area contributed by atoms with Crippen LogP contribution in [0.15, 0.2) is 12.4 Å². The summed E-state index contributed by atoms with van der Waals surface area (Å²) in [5, 5.41) is 17.6. The van der Waals surface area contributed by atoms with E-state index in [-0.39, 0.29) is 5.24 Å². The van der Waals surface area contributed by atoms with Crippen molar-refractivity contribution >= 4 is 28.9 Å². The molecule has 102 valence electrons. The molecule has 2 amide bonds. The van der Waals surface area contributed by atoms with Crippen molar-refractivity contribution in [3.8, 4) is 0 Å². The van der Waals surface area contributed by atoms with E-state index in [1.165, 1.54) is 17.1 Å². The Bertz CT molecular complexity index is 529. The van der Waals surface area contributed by atoms with Gasteiger partial charge >= 0.3 is 5.97 Å². The summed E-state index contributed by atoms with van der Waals surface area (Å²) in [5.74, 6) is -1.41. The van der Waals surface area contributed by atoms with Gasteiger partial charge in [0.15, 0.2) is 6.04 Å². The van der Waals surface area contributed by atoms with Crippen molar-refractivity contribution in [1.29, 1.82) is 0 Å². The Morgan fingerprint density at radius 2 is 2.42 bits per heavy atom. The number of carbonyl (C=O) groups excluding carboxylic acids is 2. The molecule has 1 aliphatic rings. The van der Waals surface area contributed by atoms with Crippen molar-refractivity contribution in [1.82, 2.24) is 20.4 Å². The van der Waals surface area contributed by atoms with Crippen LogP contribution in [0.3, 0.4) is 0 Å². The van der Waals surface area contributed by atoms with Crippen LogP contribution in [-0.2, 0) is 16.6 Å². The SMILES string of the molecule is Cn1cc(C(NC(=O)C2CSC(=O)N2)C(=O)O)cn1. The number of carbonyl (C=O) groups is 3. The fourth-order valence-electron chi connectivity index (χ4n) is 1.65. The van der Waals surface area contributed by atoms with Crippen LogP contribution in [0.25, 0.3) is 0 Å². The third-order valence-corrected chi connectivity index (χ3v) is 3.46. The number of carboxylic acids is 1. The average molecular weight is 284 g/mol. The van der Waals surface area contributed by atoms with E-state index in [0.717, 1.165) is 11.8 Å². The lowest BCUT2D eigenvalue weighted by Crippen LogP contribution is -2.45. The molecule has 2 unspecified atom stereocenters. The summed E-state index contributed by atoms with van der Waals surface area (Å²) in [4.78, 5) is 34.0. The summed E-state index contributed by atoms with van der Waals surface area (Å²) < 4.78 is 1.45. The molecule has 2 atom stereocenters. The molecule has 2 heterocycles. The number of carboxylic acid groups (broad SMARTS) is 1. The minimum absolute atomic E-state index is 0.284. The van der Waals surface area contributed by atoms with Crippen LogP contribution in [-0.4, -0.2) is 43.8 Å². The second-order valence-corrected chi connectivity index (χ2v) is 5.02. The average Bonchev–Trinajstić information content (AvgIpc) is 2.94. The van der Waals surface area contributed by atoms with Crippen molar-refractivity contribution < 1.29 is 19.5 Å². The molecule has 0 aromatic carbocycles. The number of nitrogens with one attached hydrogen (secondary N) is 2. The zero-order chi connectivity index (χ0) is 14.0. The van der Waals surface area contributed by atoms with Gasteiger partial charge in [-0.2, -0.15) is 5.10 Å². The molecule has 2 rings (SSSR count). The van der Waals surface area contributed by atoms with Gasteiger partial charge in [-0.3, -0.25) is 14.3 Å². The van der Waals surface area contributed by atoms with E-state index in [1.54, 1.807) is 7.05 Å². The molecule has 3 N–H and O–H groups in total. The lowest BCUT2D eigenvalue weighted by atomic mass is 10.1. The van der Waals surface area contributed by atoms with Crippen molar-refractivity contribution in [2.45, 2.75) is 12.1 Å². The van der Waals surface area contributed by atoms with Crippen molar-refractivity contribution in [2.24, 2.45) is 7.05 Å². The second-order valence-electron chi connectivity index (χ2n) is 4.02. The first kappa shape index (κ1) is 13.4. The Labute approximate surface area is 112 Å². The number of hydrogen-bond donors (Lipinski definition) is 3.